The van der Waals surface area contributed by atoms with Gasteiger partial charge in [-0.25, -0.2) is 0 Å². The minimum Gasteiger partial charge on any atom is -0.370 e. The predicted molar refractivity (Wildman–Crippen MR) is 80.8 cm³/mol. The van der Waals surface area contributed by atoms with Gasteiger partial charge in [-0.05, 0) is 25.2 Å². The van der Waals surface area contributed by atoms with Crippen LogP contribution < -0.4 is 11.5 Å². The number of hydrogen-bond donors (Lipinski definition) is 2. The lowest BCUT2D eigenvalue weighted by atomic mass is 9.98. The third-order valence-corrected chi connectivity index (χ3v) is 3.17. The largest absolute Gasteiger partial charge is 0.370 e. The molecule has 0 saturated carbocycles. The summed E-state index contributed by atoms with van der Waals surface area (Å²) >= 11 is 0. The molecule has 0 fully saturated rings. The monoisotopic (exact) mass is 270 g/mol. The fraction of sp³-hybridized carbons (Fsp3) is 0.857. The summed E-state index contributed by atoms with van der Waals surface area (Å²) in [5.41, 5.74) is 10.5. The molecule has 0 aliphatic rings. The Hall–Kier alpha value is -1.26. The molecule has 0 unspecified atom stereocenters. The van der Waals surface area contributed by atoms with E-state index in [9.17, 15) is 4.79 Å². The van der Waals surface area contributed by atoms with Crippen molar-refractivity contribution in [3.8, 4) is 0 Å². The van der Waals surface area contributed by atoms with Crippen LogP contribution in [-0.4, -0.2) is 36.9 Å². The minimum absolute atomic E-state index is 0.116. The molecule has 5 nitrogen and oxygen atoms in total. The van der Waals surface area contributed by atoms with Crippen molar-refractivity contribution in [2.24, 2.45) is 28.3 Å². The number of amides is 1. The van der Waals surface area contributed by atoms with Crippen molar-refractivity contribution >= 4 is 11.9 Å². The zero-order valence-electron chi connectivity index (χ0n) is 12.9. The number of unbranched alkanes of at least 4 members (excludes halogenated alkanes) is 1. The quantitative estimate of drug-likeness (QED) is 0.379. The van der Waals surface area contributed by atoms with Gasteiger partial charge < -0.3 is 16.4 Å². The van der Waals surface area contributed by atoms with Crippen LogP contribution in [0.5, 0.6) is 0 Å². The van der Waals surface area contributed by atoms with Crippen molar-refractivity contribution in [3.05, 3.63) is 0 Å². The van der Waals surface area contributed by atoms with Gasteiger partial charge in [0.05, 0.1) is 0 Å². The van der Waals surface area contributed by atoms with Gasteiger partial charge >= 0.3 is 0 Å². The second kappa shape index (κ2) is 9.64. The minimum atomic E-state index is 0.116. The molecule has 0 aromatic heterocycles. The smallest absolute Gasteiger partial charge is 0.225 e. The lowest BCUT2D eigenvalue weighted by Gasteiger charge is -2.21. The predicted octanol–water partition coefficient (Wildman–Crippen LogP) is 1.57. The highest BCUT2D eigenvalue weighted by Gasteiger charge is 2.17. The van der Waals surface area contributed by atoms with Crippen molar-refractivity contribution in [3.63, 3.8) is 0 Å². The Bertz CT molecular complexity index is 285. The zero-order chi connectivity index (χ0) is 14.8. The molecule has 0 radical (unpaired) electrons. The summed E-state index contributed by atoms with van der Waals surface area (Å²) in [4.78, 5) is 17.8. The first-order chi connectivity index (χ1) is 8.84. The lowest BCUT2D eigenvalue weighted by Crippen LogP contribution is -2.32. The van der Waals surface area contributed by atoms with E-state index in [0.29, 0.717) is 12.5 Å². The number of guanidine groups is 1. The second-order valence-corrected chi connectivity index (χ2v) is 5.65. The summed E-state index contributed by atoms with van der Waals surface area (Å²) < 4.78 is 0. The average molecular weight is 270 g/mol. The Morgan fingerprint density at radius 3 is 2.32 bits per heavy atom. The van der Waals surface area contributed by atoms with Gasteiger partial charge in [0.25, 0.3) is 0 Å². The maximum Gasteiger partial charge on any atom is 0.225 e. The number of aliphatic imine (C=N–C) groups is 1. The standard InChI is InChI=1S/C14H30N4O/c1-11(2)7-8-12(3)13(19)18(4)10-6-5-9-17-14(15)16/h11-12H,5-10H2,1-4H3,(H4,15,16,17)/t12-/m1/s1. The molecule has 5 heteroatoms. The van der Waals surface area contributed by atoms with Crippen molar-refractivity contribution in [2.75, 3.05) is 20.1 Å². The van der Waals surface area contributed by atoms with E-state index in [4.69, 9.17) is 11.5 Å². The first-order valence-electron chi connectivity index (χ1n) is 7.15. The molecule has 0 spiro atoms. The normalized spacial score (nSPS) is 12.3. The van der Waals surface area contributed by atoms with Crippen LogP contribution in [-0.2, 0) is 4.79 Å². The summed E-state index contributed by atoms with van der Waals surface area (Å²) in [5, 5.41) is 0. The zero-order valence-corrected chi connectivity index (χ0v) is 12.9. The summed E-state index contributed by atoms with van der Waals surface area (Å²) in [6.07, 6.45) is 3.89. The molecular weight excluding hydrogens is 240 g/mol. The molecule has 0 heterocycles. The molecule has 0 aromatic carbocycles. The Morgan fingerprint density at radius 1 is 1.16 bits per heavy atom. The van der Waals surface area contributed by atoms with E-state index in [1.807, 2.05) is 18.9 Å². The summed E-state index contributed by atoms with van der Waals surface area (Å²) in [5.74, 6) is 1.14. The van der Waals surface area contributed by atoms with Gasteiger partial charge in [-0.15, -0.1) is 0 Å². The van der Waals surface area contributed by atoms with Crippen LogP contribution in [0.25, 0.3) is 0 Å². The lowest BCUT2D eigenvalue weighted by molar-refractivity contribution is -0.134. The van der Waals surface area contributed by atoms with Crippen molar-refractivity contribution < 1.29 is 4.79 Å². The summed E-state index contributed by atoms with van der Waals surface area (Å²) in [6, 6.07) is 0. The van der Waals surface area contributed by atoms with Crippen LogP contribution in [0.15, 0.2) is 4.99 Å². The summed E-state index contributed by atoms with van der Waals surface area (Å²) in [6.45, 7) is 7.79. The van der Waals surface area contributed by atoms with Gasteiger partial charge in [0, 0.05) is 26.1 Å². The maximum absolute atomic E-state index is 12.1. The van der Waals surface area contributed by atoms with E-state index in [0.717, 1.165) is 32.2 Å². The van der Waals surface area contributed by atoms with Gasteiger partial charge in [-0.1, -0.05) is 27.2 Å². The van der Waals surface area contributed by atoms with E-state index in [2.05, 4.69) is 18.8 Å². The first kappa shape index (κ1) is 17.7. The number of nitrogens with two attached hydrogens (primary N) is 2. The van der Waals surface area contributed by atoms with E-state index in [-0.39, 0.29) is 17.8 Å². The molecule has 0 aliphatic heterocycles. The SMILES string of the molecule is CC(C)CC[C@@H](C)C(=O)N(C)CCCCN=C(N)N. The Labute approximate surface area is 117 Å². The van der Waals surface area contributed by atoms with E-state index >= 15 is 0 Å². The van der Waals surface area contributed by atoms with Gasteiger partial charge in [-0.3, -0.25) is 9.79 Å². The molecule has 0 aliphatic carbocycles. The second-order valence-electron chi connectivity index (χ2n) is 5.65. The van der Waals surface area contributed by atoms with Gasteiger partial charge in [-0.2, -0.15) is 0 Å². The molecule has 1 amide bonds. The van der Waals surface area contributed by atoms with E-state index in [1.54, 1.807) is 0 Å². The Morgan fingerprint density at radius 2 is 1.79 bits per heavy atom. The number of rotatable bonds is 9. The van der Waals surface area contributed by atoms with Crippen molar-refractivity contribution in [1.29, 1.82) is 0 Å². The van der Waals surface area contributed by atoms with Gasteiger partial charge in [0.1, 0.15) is 0 Å². The fourth-order valence-corrected chi connectivity index (χ4v) is 1.86. The van der Waals surface area contributed by atoms with Crippen molar-refractivity contribution in [2.45, 2.75) is 46.5 Å². The number of nitrogens with zero attached hydrogens (tertiary/aromatic N) is 2. The molecule has 112 valence electrons. The van der Waals surface area contributed by atoms with Crippen LogP contribution in [0, 0.1) is 11.8 Å². The Balaban J connectivity index is 3.83. The molecule has 4 N–H and O–H groups in total. The topological polar surface area (TPSA) is 84.7 Å². The van der Waals surface area contributed by atoms with Crippen LogP contribution in [0.1, 0.15) is 46.5 Å². The van der Waals surface area contributed by atoms with E-state index in [1.165, 1.54) is 0 Å². The number of hydrogen-bond acceptors (Lipinski definition) is 2. The number of carbonyl (C=O) groups excluding carboxylic acids is 1. The molecular formula is C14H30N4O. The Kier molecular flexibility index (Phi) is 9.00. The fourth-order valence-electron chi connectivity index (χ4n) is 1.86. The van der Waals surface area contributed by atoms with Gasteiger partial charge in [0.2, 0.25) is 5.91 Å². The highest BCUT2D eigenvalue weighted by Crippen LogP contribution is 2.14. The maximum atomic E-state index is 12.1. The third kappa shape index (κ3) is 9.33. The third-order valence-electron chi connectivity index (χ3n) is 3.17. The van der Waals surface area contributed by atoms with Crippen LogP contribution in [0.3, 0.4) is 0 Å². The van der Waals surface area contributed by atoms with Crippen LogP contribution in [0.4, 0.5) is 0 Å². The molecule has 19 heavy (non-hydrogen) atoms. The molecule has 0 saturated heterocycles. The first-order valence-corrected chi connectivity index (χ1v) is 7.15. The average Bonchev–Trinajstić information content (AvgIpc) is 2.33. The van der Waals surface area contributed by atoms with Crippen LogP contribution >= 0.6 is 0 Å². The molecule has 1 atom stereocenters. The van der Waals surface area contributed by atoms with Crippen molar-refractivity contribution in [1.82, 2.24) is 4.90 Å². The van der Waals surface area contributed by atoms with E-state index < -0.39 is 0 Å². The highest BCUT2D eigenvalue weighted by atomic mass is 16.2. The molecule has 0 aromatic rings. The summed E-state index contributed by atoms with van der Waals surface area (Å²) in [7, 11) is 1.87. The van der Waals surface area contributed by atoms with Gasteiger partial charge in [0.15, 0.2) is 5.96 Å². The molecule has 0 rings (SSSR count). The molecule has 0 bridgehead atoms. The van der Waals surface area contributed by atoms with Crippen LogP contribution in [0.2, 0.25) is 0 Å². The number of carbonyl (C=O) groups is 1. The highest BCUT2D eigenvalue weighted by molar-refractivity contribution is 5.78.